The minimum Gasteiger partial charge on any atom is -0.376 e. The van der Waals surface area contributed by atoms with Crippen LogP contribution in [0, 0.1) is 0 Å². The van der Waals surface area contributed by atoms with Gasteiger partial charge in [0.1, 0.15) is 12.2 Å². The first-order valence-corrected chi connectivity index (χ1v) is 7.77. The smallest absolute Gasteiger partial charge is 0.376 e. The zero-order valence-electron chi connectivity index (χ0n) is 12.4. The van der Waals surface area contributed by atoms with Crippen molar-refractivity contribution in [3.8, 4) is 0 Å². The van der Waals surface area contributed by atoms with Crippen molar-refractivity contribution < 1.29 is 32.2 Å². The molecule has 3 atom stereocenters. The number of methoxy groups -OCH3 is 2. The second-order valence-corrected chi connectivity index (χ2v) is 7.22. The molecule has 0 radical (unpaired) electrons. The van der Waals surface area contributed by atoms with Crippen molar-refractivity contribution in [2.75, 3.05) is 48.8 Å². The third-order valence-corrected chi connectivity index (χ3v) is 6.53. The van der Waals surface area contributed by atoms with E-state index in [9.17, 15) is 0 Å². The predicted molar refractivity (Wildman–Crippen MR) is 68.7 cm³/mol. The Morgan fingerprint density at radius 2 is 1.68 bits per heavy atom. The Bertz CT molecular complexity index is 262. The van der Waals surface area contributed by atoms with Crippen molar-refractivity contribution in [2.24, 2.45) is 0 Å². The Morgan fingerprint density at radius 1 is 1.16 bits per heavy atom. The molecule has 7 nitrogen and oxygen atoms in total. The van der Waals surface area contributed by atoms with Crippen LogP contribution in [0.25, 0.3) is 0 Å². The number of rotatable bonds is 10. The SMILES string of the molecule is COC(C)C(OC)(OCC1CO1)[Si](OC)(OC)OC. The highest BCUT2D eigenvalue weighted by molar-refractivity contribution is 6.63. The fraction of sp³-hybridized carbons (Fsp3) is 1.00. The monoisotopic (exact) mass is 296 g/mol. The van der Waals surface area contributed by atoms with E-state index in [0.717, 1.165) is 0 Å². The molecule has 1 fully saturated rings. The molecule has 1 saturated heterocycles. The molecular weight excluding hydrogens is 272 g/mol. The molecule has 0 amide bonds. The van der Waals surface area contributed by atoms with Crippen LogP contribution in [0.5, 0.6) is 0 Å². The average Bonchev–Trinajstić information content (AvgIpc) is 3.27. The lowest BCUT2D eigenvalue weighted by Gasteiger charge is -2.44. The molecule has 1 heterocycles. The molecule has 0 aromatic heterocycles. The van der Waals surface area contributed by atoms with E-state index in [1.807, 2.05) is 6.92 Å². The van der Waals surface area contributed by atoms with Gasteiger partial charge < -0.3 is 32.2 Å². The predicted octanol–water partition coefficient (Wildman–Crippen LogP) is 0.197. The van der Waals surface area contributed by atoms with E-state index < -0.39 is 20.3 Å². The normalized spacial score (nSPS) is 24.0. The molecule has 0 saturated carbocycles. The van der Waals surface area contributed by atoms with Crippen LogP contribution in [0.15, 0.2) is 0 Å². The lowest BCUT2D eigenvalue weighted by atomic mass is 10.4. The van der Waals surface area contributed by atoms with E-state index in [4.69, 9.17) is 32.2 Å². The molecule has 0 aromatic carbocycles. The van der Waals surface area contributed by atoms with E-state index in [0.29, 0.717) is 13.2 Å². The van der Waals surface area contributed by atoms with Crippen LogP contribution in [0.3, 0.4) is 0 Å². The van der Waals surface area contributed by atoms with Crippen molar-refractivity contribution in [1.29, 1.82) is 0 Å². The molecule has 0 spiro atoms. The summed E-state index contributed by atoms with van der Waals surface area (Å²) in [7, 11) is 4.35. The van der Waals surface area contributed by atoms with Gasteiger partial charge in [-0.05, 0) is 6.92 Å². The third-order valence-electron chi connectivity index (χ3n) is 3.31. The fourth-order valence-corrected chi connectivity index (χ4v) is 4.50. The lowest BCUT2D eigenvalue weighted by Crippen LogP contribution is -2.71. The summed E-state index contributed by atoms with van der Waals surface area (Å²) in [4.78, 5) is 0. The molecular formula is C11H24O7Si. The zero-order valence-corrected chi connectivity index (χ0v) is 13.4. The van der Waals surface area contributed by atoms with Crippen molar-refractivity contribution in [2.45, 2.75) is 24.5 Å². The largest absolute Gasteiger partial charge is 0.565 e. The fourth-order valence-electron chi connectivity index (χ4n) is 2.02. The molecule has 1 rings (SSSR count). The molecule has 19 heavy (non-hydrogen) atoms. The summed E-state index contributed by atoms with van der Waals surface area (Å²) in [6, 6.07) is 0. The lowest BCUT2D eigenvalue weighted by molar-refractivity contribution is -0.255. The number of epoxide rings is 1. The van der Waals surface area contributed by atoms with Gasteiger partial charge >= 0.3 is 8.80 Å². The maximum absolute atomic E-state index is 5.91. The van der Waals surface area contributed by atoms with Crippen molar-refractivity contribution >= 4 is 8.80 Å². The first-order valence-electron chi connectivity index (χ1n) is 6.04. The number of hydrogen-bond acceptors (Lipinski definition) is 7. The van der Waals surface area contributed by atoms with Gasteiger partial charge in [0.15, 0.2) is 0 Å². The first kappa shape index (κ1) is 17.0. The van der Waals surface area contributed by atoms with E-state index in [1.165, 1.54) is 28.4 Å². The van der Waals surface area contributed by atoms with Gasteiger partial charge in [-0.1, -0.05) is 0 Å². The standard InChI is InChI=1S/C11H24O7Si/c1-9(12-2)11(13-3,18-8-10-7-17-10)19(14-4,15-5)16-6/h9-10H,7-8H2,1-6H3. The third kappa shape index (κ3) is 3.17. The number of hydrogen-bond donors (Lipinski definition) is 0. The second kappa shape index (κ2) is 7.09. The Labute approximate surface area is 115 Å². The molecule has 0 bridgehead atoms. The summed E-state index contributed by atoms with van der Waals surface area (Å²) >= 11 is 0. The van der Waals surface area contributed by atoms with Gasteiger partial charge in [0.05, 0.1) is 13.2 Å². The molecule has 114 valence electrons. The quantitative estimate of drug-likeness (QED) is 0.324. The molecule has 0 N–H and O–H groups in total. The van der Waals surface area contributed by atoms with Gasteiger partial charge in [-0.15, -0.1) is 0 Å². The van der Waals surface area contributed by atoms with Crippen LogP contribution in [0.1, 0.15) is 6.92 Å². The van der Waals surface area contributed by atoms with Gasteiger partial charge in [-0.2, -0.15) is 0 Å². The molecule has 8 heteroatoms. The van der Waals surface area contributed by atoms with Crippen LogP contribution in [-0.2, 0) is 32.2 Å². The topological polar surface area (TPSA) is 67.9 Å². The summed E-state index contributed by atoms with van der Waals surface area (Å²) in [5.74, 6) is 0. The molecule has 1 aliphatic heterocycles. The van der Waals surface area contributed by atoms with E-state index in [2.05, 4.69) is 0 Å². The highest BCUT2D eigenvalue weighted by Gasteiger charge is 2.66. The molecule has 1 aliphatic rings. The number of ether oxygens (including phenoxy) is 4. The van der Waals surface area contributed by atoms with Crippen LogP contribution in [-0.4, -0.2) is 75.2 Å². The van der Waals surface area contributed by atoms with Gasteiger partial charge in [0, 0.05) is 35.5 Å². The summed E-state index contributed by atoms with van der Waals surface area (Å²) < 4.78 is 38.5. The molecule has 3 unspecified atom stereocenters. The van der Waals surface area contributed by atoms with Crippen LogP contribution >= 0.6 is 0 Å². The van der Waals surface area contributed by atoms with E-state index in [1.54, 1.807) is 7.11 Å². The minimum absolute atomic E-state index is 0.0795. The van der Waals surface area contributed by atoms with Crippen molar-refractivity contribution in [1.82, 2.24) is 0 Å². The Kier molecular flexibility index (Phi) is 6.34. The van der Waals surface area contributed by atoms with Gasteiger partial charge in [-0.25, -0.2) is 0 Å². The summed E-state index contributed by atoms with van der Waals surface area (Å²) in [5, 5.41) is 0. The molecule has 0 aromatic rings. The average molecular weight is 296 g/mol. The summed E-state index contributed by atoms with van der Waals surface area (Å²) in [5.41, 5.74) is -1.24. The summed E-state index contributed by atoms with van der Waals surface area (Å²) in [6.45, 7) is 2.87. The second-order valence-electron chi connectivity index (χ2n) is 4.18. The summed E-state index contributed by atoms with van der Waals surface area (Å²) in [6.07, 6.45) is -0.362. The minimum atomic E-state index is -3.25. The van der Waals surface area contributed by atoms with Gasteiger partial charge in [0.25, 0.3) is 5.41 Å². The van der Waals surface area contributed by atoms with Crippen molar-refractivity contribution in [3.63, 3.8) is 0 Å². The van der Waals surface area contributed by atoms with Crippen LogP contribution in [0.2, 0.25) is 0 Å². The van der Waals surface area contributed by atoms with E-state index >= 15 is 0 Å². The highest BCUT2D eigenvalue weighted by atomic mass is 28.4. The van der Waals surface area contributed by atoms with Gasteiger partial charge in [-0.3, -0.25) is 0 Å². The van der Waals surface area contributed by atoms with Gasteiger partial charge in [0.2, 0.25) is 0 Å². The zero-order chi connectivity index (χ0) is 14.5. The maximum atomic E-state index is 5.91. The Balaban J connectivity index is 3.03. The molecule has 0 aliphatic carbocycles. The maximum Gasteiger partial charge on any atom is 0.565 e. The Morgan fingerprint density at radius 3 is 2.00 bits per heavy atom. The highest BCUT2D eigenvalue weighted by Crippen LogP contribution is 2.33. The Hall–Kier alpha value is -0.0631. The van der Waals surface area contributed by atoms with Crippen LogP contribution in [0.4, 0.5) is 0 Å². The first-order chi connectivity index (χ1) is 9.05. The van der Waals surface area contributed by atoms with Crippen molar-refractivity contribution in [3.05, 3.63) is 0 Å². The van der Waals surface area contributed by atoms with E-state index in [-0.39, 0.29) is 6.10 Å². The van der Waals surface area contributed by atoms with Crippen LogP contribution < -0.4 is 0 Å².